The molecule has 0 radical (unpaired) electrons. The molecule has 1 aromatic rings. The smallest absolute Gasteiger partial charge is 0.410 e. The molecule has 1 atom stereocenters. The van der Waals surface area contributed by atoms with Gasteiger partial charge in [-0.25, -0.2) is 9.18 Å². The van der Waals surface area contributed by atoms with Gasteiger partial charge < -0.3 is 15.0 Å². The first kappa shape index (κ1) is 18.9. The minimum Gasteiger partial charge on any atom is -0.444 e. The van der Waals surface area contributed by atoms with Crippen molar-refractivity contribution in [2.75, 3.05) is 20.1 Å². The summed E-state index contributed by atoms with van der Waals surface area (Å²) in [6.45, 7) is 8.66. The Morgan fingerprint density at radius 2 is 2.09 bits per heavy atom. The molecule has 22 heavy (non-hydrogen) atoms. The van der Waals surface area contributed by atoms with Crippen LogP contribution in [0.5, 0.6) is 0 Å². The third-order valence-corrected chi connectivity index (χ3v) is 3.65. The van der Waals surface area contributed by atoms with E-state index in [0.29, 0.717) is 17.6 Å². The lowest BCUT2D eigenvalue weighted by atomic mass is 10.1. The number of halogens is 2. The van der Waals surface area contributed by atoms with Crippen LogP contribution in [0.1, 0.15) is 39.3 Å². The number of amides is 1. The first-order chi connectivity index (χ1) is 10.1. The zero-order valence-electron chi connectivity index (χ0n) is 13.7. The van der Waals surface area contributed by atoms with Gasteiger partial charge in [-0.1, -0.05) is 6.07 Å². The summed E-state index contributed by atoms with van der Waals surface area (Å²) in [7, 11) is 1.70. The summed E-state index contributed by atoms with van der Waals surface area (Å²) in [5, 5.41) is 3.30. The standard InChI is InChI=1S/C16H24BrFN2O2/c1-11(12-6-7-14(18)13(17)10-12)19-8-9-20(5)15(21)22-16(2,3)4/h6-7,10-11,19H,8-9H2,1-5H3. The van der Waals surface area contributed by atoms with Gasteiger partial charge in [0.1, 0.15) is 11.4 Å². The number of carbonyl (C=O) groups excluding carboxylic acids is 1. The first-order valence-electron chi connectivity index (χ1n) is 7.22. The summed E-state index contributed by atoms with van der Waals surface area (Å²) in [6, 6.07) is 4.99. The van der Waals surface area contributed by atoms with E-state index in [-0.39, 0.29) is 18.0 Å². The van der Waals surface area contributed by atoms with E-state index in [9.17, 15) is 9.18 Å². The number of nitrogens with one attached hydrogen (secondary N) is 1. The average Bonchev–Trinajstić information content (AvgIpc) is 2.39. The van der Waals surface area contributed by atoms with E-state index < -0.39 is 5.60 Å². The fourth-order valence-corrected chi connectivity index (χ4v) is 2.18. The van der Waals surface area contributed by atoms with E-state index in [1.165, 1.54) is 11.0 Å². The van der Waals surface area contributed by atoms with Crippen LogP contribution in [-0.4, -0.2) is 36.7 Å². The van der Waals surface area contributed by atoms with Gasteiger partial charge in [-0.3, -0.25) is 0 Å². The molecule has 1 aromatic carbocycles. The third-order valence-electron chi connectivity index (χ3n) is 3.05. The van der Waals surface area contributed by atoms with Crippen LogP contribution >= 0.6 is 15.9 Å². The molecular formula is C16H24BrFN2O2. The van der Waals surface area contributed by atoms with Crippen LogP contribution in [0.4, 0.5) is 9.18 Å². The maximum absolute atomic E-state index is 13.2. The zero-order chi connectivity index (χ0) is 16.9. The van der Waals surface area contributed by atoms with E-state index in [2.05, 4.69) is 21.2 Å². The molecule has 0 aliphatic carbocycles. The Bertz CT molecular complexity index is 517. The van der Waals surface area contributed by atoms with Gasteiger partial charge in [0.15, 0.2) is 0 Å². The van der Waals surface area contributed by atoms with Crippen LogP contribution in [0.3, 0.4) is 0 Å². The highest BCUT2D eigenvalue weighted by atomic mass is 79.9. The predicted octanol–water partition coefficient (Wildman–Crippen LogP) is 4.11. The van der Waals surface area contributed by atoms with Crippen molar-refractivity contribution in [2.24, 2.45) is 0 Å². The van der Waals surface area contributed by atoms with Gasteiger partial charge in [0.25, 0.3) is 0 Å². The molecule has 4 nitrogen and oxygen atoms in total. The number of hydrogen-bond donors (Lipinski definition) is 1. The summed E-state index contributed by atoms with van der Waals surface area (Å²) in [6.07, 6.45) is -0.341. The second-order valence-electron chi connectivity index (χ2n) is 6.25. The van der Waals surface area contributed by atoms with Crippen molar-refractivity contribution in [2.45, 2.75) is 39.3 Å². The summed E-state index contributed by atoms with van der Waals surface area (Å²) in [5.41, 5.74) is 0.486. The Hall–Kier alpha value is -1.14. The normalized spacial score (nSPS) is 12.9. The van der Waals surface area contributed by atoms with Crippen LogP contribution in [0.25, 0.3) is 0 Å². The molecule has 124 valence electrons. The second-order valence-corrected chi connectivity index (χ2v) is 7.11. The van der Waals surface area contributed by atoms with Crippen LogP contribution in [0, 0.1) is 5.82 Å². The van der Waals surface area contributed by atoms with Crippen LogP contribution in [0.2, 0.25) is 0 Å². The van der Waals surface area contributed by atoms with Crippen LogP contribution in [-0.2, 0) is 4.74 Å². The molecule has 0 saturated carbocycles. The molecule has 0 fully saturated rings. The monoisotopic (exact) mass is 374 g/mol. The van der Waals surface area contributed by atoms with Crippen molar-refractivity contribution in [3.8, 4) is 0 Å². The summed E-state index contributed by atoms with van der Waals surface area (Å²) in [4.78, 5) is 13.3. The van der Waals surface area contributed by atoms with Gasteiger partial charge in [-0.05, 0) is 61.3 Å². The van der Waals surface area contributed by atoms with Gasteiger partial charge in [0.05, 0.1) is 4.47 Å². The Balaban J connectivity index is 2.43. The molecule has 1 rings (SSSR count). The lowest BCUT2D eigenvalue weighted by Crippen LogP contribution is -2.38. The molecule has 0 aromatic heterocycles. The Morgan fingerprint density at radius 3 is 2.64 bits per heavy atom. The lowest BCUT2D eigenvalue weighted by molar-refractivity contribution is 0.0299. The molecule has 0 heterocycles. The summed E-state index contributed by atoms with van der Waals surface area (Å²) in [5.74, 6) is -0.277. The van der Waals surface area contributed by atoms with E-state index >= 15 is 0 Å². The van der Waals surface area contributed by atoms with E-state index in [1.807, 2.05) is 27.7 Å². The Labute approximate surface area is 140 Å². The number of carbonyl (C=O) groups is 1. The Kier molecular flexibility index (Phi) is 6.81. The highest BCUT2D eigenvalue weighted by Crippen LogP contribution is 2.21. The van der Waals surface area contributed by atoms with Gasteiger partial charge in [0.2, 0.25) is 0 Å². The van der Waals surface area contributed by atoms with Crippen molar-refractivity contribution in [3.05, 3.63) is 34.1 Å². The molecule has 0 aliphatic heterocycles. The van der Waals surface area contributed by atoms with Crippen molar-refractivity contribution in [1.82, 2.24) is 10.2 Å². The van der Waals surface area contributed by atoms with Gasteiger partial charge >= 0.3 is 6.09 Å². The zero-order valence-corrected chi connectivity index (χ0v) is 15.3. The van der Waals surface area contributed by atoms with Gasteiger partial charge in [-0.15, -0.1) is 0 Å². The SMILES string of the molecule is CC(NCCN(C)C(=O)OC(C)(C)C)c1ccc(F)c(Br)c1. The van der Waals surface area contributed by atoms with E-state index in [4.69, 9.17) is 4.74 Å². The van der Waals surface area contributed by atoms with E-state index in [1.54, 1.807) is 19.2 Å². The highest BCUT2D eigenvalue weighted by molar-refractivity contribution is 9.10. The predicted molar refractivity (Wildman–Crippen MR) is 89.4 cm³/mol. The number of benzene rings is 1. The Morgan fingerprint density at radius 1 is 1.45 bits per heavy atom. The number of rotatable bonds is 5. The molecular weight excluding hydrogens is 351 g/mol. The van der Waals surface area contributed by atoms with Crippen LogP contribution < -0.4 is 5.32 Å². The van der Waals surface area contributed by atoms with Crippen molar-refractivity contribution in [1.29, 1.82) is 0 Å². The maximum Gasteiger partial charge on any atom is 0.410 e. The lowest BCUT2D eigenvalue weighted by Gasteiger charge is -2.25. The van der Waals surface area contributed by atoms with Gasteiger partial charge in [-0.2, -0.15) is 0 Å². The minimum absolute atomic E-state index is 0.0592. The quantitative estimate of drug-likeness (QED) is 0.842. The van der Waals surface area contributed by atoms with Crippen LogP contribution in [0.15, 0.2) is 22.7 Å². The number of likely N-dealkylation sites (N-methyl/N-ethyl adjacent to an activating group) is 1. The molecule has 1 N–H and O–H groups in total. The van der Waals surface area contributed by atoms with Crippen molar-refractivity contribution in [3.63, 3.8) is 0 Å². The largest absolute Gasteiger partial charge is 0.444 e. The van der Waals surface area contributed by atoms with Gasteiger partial charge in [0, 0.05) is 26.2 Å². The first-order valence-corrected chi connectivity index (χ1v) is 8.02. The fraction of sp³-hybridized carbons (Fsp3) is 0.562. The molecule has 1 amide bonds. The van der Waals surface area contributed by atoms with Crippen molar-refractivity contribution < 1.29 is 13.9 Å². The highest BCUT2D eigenvalue weighted by Gasteiger charge is 2.19. The molecule has 1 unspecified atom stereocenters. The van der Waals surface area contributed by atoms with E-state index in [0.717, 1.165) is 5.56 Å². The molecule has 0 saturated heterocycles. The molecule has 0 spiro atoms. The number of hydrogen-bond acceptors (Lipinski definition) is 3. The second kappa shape index (κ2) is 7.92. The topological polar surface area (TPSA) is 41.6 Å². The average molecular weight is 375 g/mol. The molecule has 6 heteroatoms. The summed E-state index contributed by atoms with van der Waals surface area (Å²) < 4.78 is 18.9. The molecule has 0 bridgehead atoms. The molecule has 0 aliphatic rings. The number of nitrogens with zero attached hydrogens (tertiary/aromatic N) is 1. The minimum atomic E-state index is -0.494. The number of ether oxygens (including phenoxy) is 1. The fourth-order valence-electron chi connectivity index (χ4n) is 1.78. The summed E-state index contributed by atoms with van der Waals surface area (Å²) >= 11 is 3.18. The maximum atomic E-state index is 13.2. The third kappa shape index (κ3) is 6.32. The van der Waals surface area contributed by atoms with Crippen molar-refractivity contribution >= 4 is 22.0 Å².